The first-order valence-corrected chi connectivity index (χ1v) is 10.4. The van der Waals surface area contributed by atoms with Gasteiger partial charge in [-0.15, -0.1) is 0 Å². The number of rotatable bonds is 8. The maximum Gasteiger partial charge on any atom is 0.248 e. The van der Waals surface area contributed by atoms with Crippen LogP contribution in [0.15, 0.2) is 52.1 Å². The first-order valence-electron chi connectivity index (χ1n) is 8.01. The number of hydrogen-bond donors (Lipinski definition) is 1. The van der Waals surface area contributed by atoms with E-state index in [1.165, 1.54) is 22.5 Å². The fraction of sp³-hybridized carbons (Fsp3) is 0.278. The zero-order valence-electron chi connectivity index (χ0n) is 14.3. The fourth-order valence-corrected chi connectivity index (χ4v) is 3.95. The lowest BCUT2D eigenvalue weighted by atomic mass is 10.3. The Morgan fingerprint density at radius 1 is 1.24 bits per heavy atom. The normalized spacial score (nSPS) is 12.0. The van der Waals surface area contributed by atoms with Gasteiger partial charge in [0.1, 0.15) is 0 Å². The van der Waals surface area contributed by atoms with E-state index in [2.05, 4.69) is 5.32 Å². The molecule has 0 aliphatic rings. The lowest BCUT2D eigenvalue weighted by Gasteiger charge is -2.17. The van der Waals surface area contributed by atoms with Gasteiger partial charge in [-0.2, -0.15) is 11.3 Å². The summed E-state index contributed by atoms with van der Waals surface area (Å²) in [5.74, 6) is -0.262. The summed E-state index contributed by atoms with van der Waals surface area (Å²) < 4.78 is 26.2. The monoisotopic (exact) mass is 378 g/mol. The molecule has 2 rings (SSSR count). The number of carbonyl (C=O) groups is 1. The highest BCUT2D eigenvalue weighted by Crippen LogP contribution is 2.18. The molecule has 5 nitrogen and oxygen atoms in total. The molecule has 0 atom stereocenters. The van der Waals surface area contributed by atoms with Crippen LogP contribution >= 0.6 is 11.3 Å². The molecule has 25 heavy (non-hydrogen) atoms. The van der Waals surface area contributed by atoms with Gasteiger partial charge in [-0.3, -0.25) is 4.79 Å². The van der Waals surface area contributed by atoms with Crippen LogP contribution in [0.5, 0.6) is 0 Å². The van der Waals surface area contributed by atoms with Gasteiger partial charge in [-0.1, -0.05) is 13.3 Å². The third kappa shape index (κ3) is 5.52. The smallest absolute Gasteiger partial charge is 0.248 e. The molecule has 1 aromatic carbocycles. The lowest BCUT2D eigenvalue weighted by Crippen LogP contribution is -2.27. The van der Waals surface area contributed by atoms with Crippen molar-refractivity contribution in [2.24, 2.45) is 0 Å². The van der Waals surface area contributed by atoms with Gasteiger partial charge in [0, 0.05) is 25.4 Å². The Morgan fingerprint density at radius 2 is 1.96 bits per heavy atom. The largest absolute Gasteiger partial charge is 0.323 e. The summed E-state index contributed by atoms with van der Waals surface area (Å²) in [5, 5.41) is 6.60. The highest BCUT2D eigenvalue weighted by Gasteiger charge is 2.19. The highest BCUT2D eigenvalue weighted by atomic mass is 32.2. The third-order valence-corrected chi connectivity index (χ3v) is 6.20. The molecule has 0 fully saturated rings. The van der Waals surface area contributed by atoms with Crippen LogP contribution in [0.1, 0.15) is 25.3 Å². The summed E-state index contributed by atoms with van der Waals surface area (Å²) in [5.41, 5.74) is 1.52. The summed E-state index contributed by atoms with van der Waals surface area (Å²) in [7, 11) is -1.91. The second kappa shape index (κ2) is 8.94. The van der Waals surface area contributed by atoms with E-state index in [1.807, 2.05) is 23.8 Å². The van der Waals surface area contributed by atoms with Gasteiger partial charge in [-0.05, 0) is 59.2 Å². The van der Waals surface area contributed by atoms with Gasteiger partial charge in [0.05, 0.1) is 4.90 Å². The second-order valence-corrected chi connectivity index (χ2v) is 8.41. The average Bonchev–Trinajstić information content (AvgIpc) is 3.12. The first-order chi connectivity index (χ1) is 11.9. The van der Waals surface area contributed by atoms with Gasteiger partial charge in [-0.25, -0.2) is 12.7 Å². The Bertz CT molecular complexity index is 811. The minimum atomic E-state index is -3.49. The van der Waals surface area contributed by atoms with Gasteiger partial charge < -0.3 is 5.32 Å². The quantitative estimate of drug-likeness (QED) is 0.710. The Labute approximate surface area is 153 Å². The molecule has 0 spiro atoms. The van der Waals surface area contributed by atoms with Crippen LogP contribution in [0.25, 0.3) is 6.08 Å². The second-order valence-electron chi connectivity index (χ2n) is 5.58. The molecule has 2 aromatic rings. The molecule has 1 aromatic heterocycles. The van der Waals surface area contributed by atoms with E-state index in [-0.39, 0.29) is 10.8 Å². The van der Waals surface area contributed by atoms with E-state index in [4.69, 9.17) is 0 Å². The van der Waals surface area contributed by atoms with E-state index in [0.29, 0.717) is 12.2 Å². The van der Waals surface area contributed by atoms with Crippen molar-refractivity contribution in [2.75, 3.05) is 18.9 Å². The van der Waals surface area contributed by atoms with Crippen LogP contribution in [0, 0.1) is 0 Å². The molecule has 0 bridgehead atoms. The van der Waals surface area contributed by atoms with Crippen molar-refractivity contribution in [1.29, 1.82) is 0 Å². The number of unbranched alkanes of at least 4 members (excludes halogenated alkanes) is 1. The summed E-state index contributed by atoms with van der Waals surface area (Å²) in [6.45, 7) is 2.51. The lowest BCUT2D eigenvalue weighted by molar-refractivity contribution is -0.111. The van der Waals surface area contributed by atoms with Crippen LogP contribution in [-0.4, -0.2) is 32.2 Å². The molecule has 134 valence electrons. The van der Waals surface area contributed by atoms with Crippen molar-refractivity contribution in [3.63, 3.8) is 0 Å². The van der Waals surface area contributed by atoms with Crippen molar-refractivity contribution < 1.29 is 13.2 Å². The minimum Gasteiger partial charge on any atom is -0.323 e. The molecule has 0 saturated carbocycles. The van der Waals surface area contributed by atoms with Gasteiger partial charge >= 0.3 is 0 Å². The summed E-state index contributed by atoms with van der Waals surface area (Å²) in [6.07, 6.45) is 4.93. The maximum atomic E-state index is 12.4. The zero-order valence-corrected chi connectivity index (χ0v) is 15.9. The molecule has 0 unspecified atom stereocenters. The molecule has 1 N–H and O–H groups in total. The van der Waals surface area contributed by atoms with Crippen molar-refractivity contribution >= 4 is 39.0 Å². The van der Waals surface area contributed by atoms with E-state index >= 15 is 0 Å². The van der Waals surface area contributed by atoms with Crippen LogP contribution in [0.2, 0.25) is 0 Å². The summed E-state index contributed by atoms with van der Waals surface area (Å²) >= 11 is 1.56. The highest BCUT2D eigenvalue weighted by molar-refractivity contribution is 7.89. The molecular formula is C18H22N2O3S2. The Morgan fingerprint density at radius 3 is 2.56 bits per heavy atom. The predicted octanol–water partition coefficient (Wildman–Crippen LogP) is 3.82. The molecular weight excluding hydrogens is 356 g/mol. The number of thiophene rings is 1. The Kier molecular flexibility index (Phi) is 6.92. The van der Waals surface area contributed by atoms with Crippen LogP contribution < -0.4 is 5.32 Å². The maximum absolute atomic E-state index is 12.4. The SMILES string of the molecule is CCCCN(C)S(=O)(=O)c1ccc(NC(=O)/C=C/c2ccsc2)cc1. The zero-order chi connectivity index (χ0) is 18.3. The van der Waals surface area contributed by atoms with E-state index in [1.54, 1.807) is 36.6 Å². The number of carbonyl (C=O) groups excluding carboxylic acids is 1. The molecule has 1 heterocycles. The number of benzene rings is 1. The van der Waals surface area contributed by atoms with Crippen molar-refractivity contribution in [3.8, 4) is 0 Å². The number of nitrogens with one attached hydrogen (secondary N) is 1. The summed E-state index contributed by atoms with van der Waals surface area (Å²) in [4.78, 5) is 12.1. The first kappa shape index (κ1) is 19.4. The summed E-state index contributed by atoms with van der Waals surface area (Å²) in [6, 6.07) is 8.13. The van der Waals surface area contributed by atoms with Crippen molar-refractivity contribution in [1.82, 2.24) is 4.31 Å². The van der Waals surface area contributed by atoms with E-state index in [9.17, 15) is 13.2 Å². The topological polar surface area (TPSA) is 66.5 Å². The standard InChI is InChI=1S/C18H22N2O3S2/c1-3-4-12-20(2)25(22,23)17-8-6-16(7-9-17)19-18(21)10-5-15-11-13-24-14-15/h5-11,13-14H,3-4,12H2,1-2H3,(H,19,21)/b10-5+. The van der Waals surface area contributed by atoms with Crippen molar-refractivity contribution in [2.45, 2.75) is 24.7 Å². The average molecular weight is 379 g/mol. The number of hydrogen-bond acceptors (Lipinski definition) is 4. The van der Waals surface area contributed by atoms with Crippen LogP contribution in [0.4, 0.5) is 5.69 Å². The van der Waals surface area contributed by atoms with E-state index < -0.39 is 10.0 Å². The number of sulfonamides is 1. The fourth-order valence-electron chi connectivity index (χ4n) is 2.12. The van der Waals surface area contributed by atoms with Crippen LogP contribution in [0.3, 0.4) is 0 Å². The molecule has 0 saturated heterocycles. The number of nitrogens with zero attached hydrogens (tertiary/aromatic N) is 1. The van der Waals surface area contributed by atoms with Gasteiger partial charge in [0.15, 0.2) is 0 Å². The van der Waals surface area contributed by atoms with Gasteiger partial charge in [0.2, 0.25) is 15.9 Å². The van der Waals surface area contributed by atoms with Crippen molar-refractivity contribution in [3.05, 3.63) is 52.7 Å². The molecule has 1 amide bonds. The number of amides is 1. The Hall–Kier alpha value is -1.96. The molecule has 0 aliphatic heterocycles. The third-order valence-electron chi connectivity index (χ3n) is 3.63. The number of anilines is 1. The predicted molar refractivity (Wildman–Crippen MR) is 103 cm³/mol. The Balaban J connectivity index is 2.00. The van der Waals surface area contributed by atoms with Crippen LogP contribution in [-0.2, 0) is 14.8 Å². The van der Waals surface area contributed by atoms with E-state index in [0.717, 1.165) is 18.4 Å². The molecule has 0 aliphatic carbocycles. The molecule has 0 radical (unpaired) electrons. The molecule has 7 heteroatoms. The minimum absolute atomic E-state index is 0.220. The van der Waals surface area contributed by atoms with Gasteiger partial charge in [0.25, 0.3) is 0 Å².